The Balaban J connectivity index is 2.14. The maximum absolute atomic E-state index is 6.30. The van der Waals surface area contributed by atoms with Gasteiger partial charge in [-0.25, -0.2) is 0 Å². The zero-order valence-corrected chi connectivity index (χ0v) is 12.4. The molecule has 1 heterocycles. The van der Waals surface area contributed by atoms with E-state index < -0.39 is 0 Å². The second-order valence-electron chi connectivity index (χ2n) is 4.98. The zero-order chi connectivity index (χ0) is 13.1. The van der Waals surface area contributed by atoms with Gasteiger partial charge in [0.25, 0.3) is 0 Å². The molecule has 2 unspecified atom stereocenters. The number of halogens is 2. The van der Waals surface area contributed by atoms with Crippen LogP contribution in [0.25, 0.3) is 0 Å². The highest BCUT2D eigenvalue weighted by Gasteiger charge is 2.24. The number of nitrogens with zero attached hydrogens (tertiary/aromatic N) is 1. The summed E-state index contributed by atoms with van der Waals surface area (Å²) >= 11 is 12.4. The number of benzene rings is 1. The molecule has 0 bridgehead atoms. The molecule has 0 saturated carbocycles. The van der Waals surface area contributed by atoms with Crippen LogP contribution in [0.2, 0.25) is 10.0 Å². The lowest BCUT2D eigenvalue weighted by Crippen LogP contribution is -2.45. The highest BCUT2D eigenvalue weighted by atomic mass is 35.5. The van der Waals surface area contributed by atoms with E-state index in [9.17, 15) is 0 Å². The number of nitrogens with one attached hydrogen (secondary N) is 1. The number of rotatable bonds is 3. The fourth-order valence-corrected chi connectivity index (χ4v) is 3.03. The van der Waals surface area contributed by atoms with Gasteiger partial charge in [-0.1, -0.05) is 35.3 Å². The fraction of sp³-hybridized carbons (Fsp3) is 0.571. The molecule has 1 fully saturated rings. The van der Waals surface area contributed by atoms with E-state index >= 15 is 0 Å². The van der Waals surface area contributed by atoms with Crippen molar-refractivity contribution in [1.82, 2.24) is 10.2 Å². The zero-order valence-electron chi connectivity index (χ0n) is 10.9. The molecule has 0 aliphatic carbocycles. The number of likely N-dealkylation sites (N-methyl/N-ethyl adjacent to an activating group) is 1. The average Bonchev–Trinajstić information content (AvgIpc) is 2.41. The van der Waals surface area contributed by atoms with Crippen molar-refractivity contribution in [3.05, 3.63) is 33.8 Å². The molecule has 100 valence electrons. The van der Waals surface area contributed by atoms with E-state index in [1.54, 1.807) is 0 Å². The molecule has 1 aliphatic heterocycles. The van der Waals surface area contributed by atoms with Crippen LogP contribution in [0.5, 0.6) is 0 Å². The molecule has 1 aromatic rings. The maximum Gasteiger partial charge on any atom is 0.0640 e. The van der Waals surface area contributed by atoms with E-state index in [0.717, 1.165) is 18.7 Å². The first kappa shape index (κ1) is 14.1. The van der Waals surface area contributed by atoms with Crippen molar-refractivity contribution < 1.29 is 0 Å². The molecule has 1 N–H and O–H groups in total. The normalized spacial score (nSPS) is 22.2. The monoisotopic (exact) mass is 286 g/mol. The number of piperidine rings is 1. The van der Waals surface area contributed by atoms with Gasteiger partial charge in [-0.2, -0.15) is 0 Å². The number of hydrogen-bond donors (Lipinski definition) is 1. The largest absolute Gasteiger partial charge is 0.315 e. The van der Waals surface area contributed by atoms with Crippen LogP contribution in [0.3, 0.4) is 0 Å². The molecule has 2 rings (SSSR count). The van der Waals surface area contributed by atoms with Gasteiger partial charge < -0.3 is 5.32 Å². The third kappa shape index (κ3) is 3.00. The van der Waals surface area contributed by atoms with Crippen LogP contribution in [0, 0.1) is 0 Å². The van der Waals surface area contributed by atoms with Crippen LogP contribution in [-0.2, 0) is 0 Å². The molecule has 2 atom stereocenters. The summed E-state index contributed by atoms with van der Waals surface area (Å²) in [4.78, 5) is 2.39. The Hall–Kier alpha value is -0.280. The van der Waals surface area contributed by atoms with Gasteiger partial charge in [-0.15, -0.1) is 0 Å². The molecule has 1 saturated heterocycles. The lowest BCUT2D eigenvalue weighted by atomic mass is 10.0. The molecule has 2 nitrogen and oxygen atoms in total. The predicted molar refractivity (Wildman–Crippen MR) is 78.5 cm³/mol. The lowest BCUT2D eigenvalue weighted by molar-refractivity contribution is 0.156. The quantitative estimate of drug-likeness (QED) is 0.911. The summed E-state index contributed by atoms with van der Waals surface area (Å²) in [5, 5.41) is 4.77. The van der Waals surface area contributed by atoms with E-state index in [0.29, 0.717) is 16.1 Å². The Morgan fingerprint density at radius 1 is 1.39 bits per heavy atom. The first-order valence-corrected chi connectivity index (χ1v) is 7.23. The minimum atomic E-state index is 0.279. The fourth-order valence-electron chi connectivity index (χ4n) is 2.56. The van der Waals surface area contributed by atoms with Crippen LogP contribution in [0.1, 0.15) is 31.4 Å². The Labute approximate surface area is 119 Å². The van der Waals surface area contributed by atoms with Crippen LogP contribution >= 0.6 is 23.2 Å². The Bertz CT molecular complexity index is 403. The molecule has 0 radical (unpaired) electrons. The van der Waals surface area contributed by atoms with E-state index in [1.165, 1.54) is 12.8 Å². The van der Waals surface area contributed by atoms with Crippen LogP contribution in [0.4, 0.5) is 0 Å². The first-order chi connectivity index (χ1) is 8.61. The van der Waals surface area contributed by atoms with Crippen molar-refractivity contribution in [2.24, 2.45) is 0 Å². The maximum atomic E-state index is 6.30. The van der Waals surface area contributed by atoms with E-state index in [-0.39, 0.29) is 6.04 Å². The van der Waals surface area contributed by atoms with Crippen LogP contribution in [-0.4, -0.2) is 31.1 Å². The average molecular weight is 287 g/mol. The Morgan fingerprint density at radius 2 is 2.17 bits per heavy atom. The summed E-state index contributed by atoms with van der Waals surface area (Å²) in [5.74, 6) is 0. The number of hydrogen-bond acceptors (Lipinski definition) is 2. The summed E-state index contributed by atoms with van der Waals surface area (Å²) in [6, 6.07) is 6.71. The summed E-state index contributed by atoms with van der Waals surface area (Å²) in [7, 11) is 2.17. The smallest absolute Gasteiger partial charge is 0.0640 e. The van der Waals surface area contributed by atoms with Crippen LogP contribution in [0.15, 0.2) is 18.2 Å². The molecular formula is C14H20Cl2N2. The second kappa shape index (κ2) is 6.25. The van der Waals surface area contributed by atoms with Gasteiger partial charge in [0, 0.05) is 18.6 Å². The molecule has 0 aromatic heterocycles. The molecule has 1 aliphatic rings. The highest BCUT2D eigenvalue weighted by molar-refractivity contribution is 6.42. The van der Waals surface area contributed by atoms with Crippen molar-refractivity contribution in [2.45, 2.75) is 31.8 Å². The van der Waals surface area contributed by atoms with E-state index in [2.05, 4.69) is 30.3 Å². The molecule has 4 heteroatoms. The van der Waals surface area contributed by atoms with Gasteiger partial charge in [0.05, 0.1) is 10.0 Å². The Kier molecular flexibility index (Phi) is 4.91. The standard InChI is InChI=1S/C14H20Cl2N2/c1-10(12-6-3-7-13(15)14(12)16)18(2)11-5-4-8-17-9-11/h3,6-7,10-11,17H,4-5,8-9H2,1-2H3. The molecule has 0 spiro atoms. The van der Waals surface area contributed by atoms with Gasteiger partial charge in [0.1, 0.15) is 0 Å². The minimum absolute atomic E-state index is 0.279. The third-order valence-corrected chi connectivity index (χ3v) is 4.72. The minimum Gasteiger partial charge on any atom is -0.315 e. The molecular weight excluding hydrogens is 267 g/mol. The highest BCUT2D eigenvalue weighted by Crippen LogP contribution is 2.33. The van der Waals surface area contributed by atoms with Gasteiger partial charge in [0.2, 0.25) is 0 Å². The molecule has 1 aromatic carbocycles. The van der Waals surface area contributed by atoms with E-state index in [4.69, 9.17) is 23.2 Å². The first-order valence-electron chi connectivity index (χ1n) is 6.48. The Morgan fingerprint density at radius 3 is 2.83 bits per heavy atom. The van der Waals surface area contributed by atoms with Crippen LogP contribution < -0.4 is 5.32 Å². The van der Waals surface area contributed by atoms with Crippen molar-refractivity contribution in [2.75, 3.05) is 20.1 Å². The van der Waals surface area contributed by atoms with Crippen molar-refractivity contribution in [3.63, 3.8) is 0 Å². The van der Waals surface area contributed by atoms with Crippen molar-refractivity contribution >= 4 is 23.2 Å². The molecule has 18 heavy (non-hydrogen) atoms. The van der Waals surface area contributed by atoms with Crippen molar-refractivity contribution in [1.29, 1.82) is 0 Å². The predicted octanol–water partition coefficient (Wildman–Crippen LogP) is 3.74. The van der Waals surface area contributed by atoms with Gasteiger partial charge in [-0.3, -0.25) is 4.90 Å². The summed E-state index contributed by atoms with van der Waals surface area (Å²) in [6.07, 6.45) is 2.48. The SMILES string of the molecule is CC(c1cccc(Cl)c1Cl)N(C)C1CCCNC1. The summed E-state index contributed by atoms with van der Waals surface area (Å²) in [6.45, 7) is 4.38. The molecule has 0 amide bonds. The summed E-state index contributed by atoms with van der Waals surface area (Å²) in [5.41, 5.74) is 1.11. The van der Waals surface area contributed by atoms with Gasteiger partial charge in [0.15, 0.2) is 0 Å². The summed E-state index contributed by atoms with van der Waals surface area (Å²) < 4.78 is 0. The van der Waals surface area contributed by atoms with Gasteiger partial charge >= 0.3 is 0 Å². The lowest BCUT2D eigenvalue weighted by Gasteiger charge is -2.36. The third-order valence-electron chi connectivity index (χ3n) is 3.89. The topological polar surface area (TPSA) is 15.3 Å². The van der Waals surface area contributed by atoms with Crippen molar-refractivity contribution in [3.8, 4) is 0 Å². The van der Waals surface area contributed by atoms with Gasteiger partial charge in [-0.05, 0) is 45.0 Å². The second-order valence-corrected chi connectivity index (χ2v) is 5.77. The van der Waals surface area contributed by atoms with E-state index in [1.807, 2.05) is 12.1 Å².